The molecule has 2 aliphatic rings. The van der Waals surface area contributed by atoms with E-state index in [0.29, 0.717) is 44.3 Å². The van der Waals surface area contributed by atoms with Crippen LogP contribution in [0.5, 0.6) is 0 Å². The third-order valence-corrected chi connectivity index (χ3v) is 6.02. The quantitative estimate of drug-likeness (QED) is 0.789. The van der Waals surface area contributed by atoms with E-state index in [2.05, 4.69) is 10.3 Å². The summed E-state index contributed by atoms with van der Waals surface area (Å²) in [6.07, 6.45) is 3.97. The van der Waals surface area contributed by atoms with Crippen LogP contribution in [-0.2, 0) is 27.3 Å². The summed E-state index contributed by atoms with van der Waals surface area (Å²) < 4.78 is 5.23. The highest BCUT2D eigenvalue weighted by Gasteiger charge is 2.55. The average Bonchev–Trinajstić information content (AvgIpc) is 2.68. The van der Waals surface area contributed by atoms with Crippen molar-refractivity contribution in [3.63, 3.8) is 0 Å². The number of carbonyl (C=O) groups excluding carboxylic acids is 2. The van der Waals surface area contributed by atoms with Gasteiger partial charge in [-0.15, -0.1) is 0 Å². The third kappa shape index (κ3) is 4.00. The van der Waals surface area contributed by atoms with Crippen LogP contribution in [0.2, 0.25) is 5.02 Å². The molecule has 2 aromatic rings. The molecule has 1 aromatic carbocycles. The van der Waals surface area contributed by atoms with Crippen LogP contribution < -0.4 is 5.32 Å². The number of halogens is 1. The van der Waals surface area contributed by atoms with E-state index in [9.17, 15) is 9.59 Å². The lowest BCUT2D eigenvalue weighted by Crippen LogP contribution is -2.69. The fourth-order valence-electron chi connectivity index (χ4n) is 3.94. The summed E-state index contributed by atoms with van der Waals surface area (Å²) in [5.74, 6) is 0.0285. The van der Waals surface area contributed by atoms with Gasteiger partial charge in [-0.25, -0.2) is 0 Å². The van der Waals surface area contributed by atoms with Gasteiger partial charge >= 0.3 is 0 Å². The number of amides is 2. The first-order chi connectivity index (χ1) is 13.9. The maximum absolute atomic E-state index is 13.2. The molecule has 2 aliphatic heterocycles. The highest BCUT2D eigenvalue weighted by atomic mass is 35.5. The van der Waals surface area contributed by atoms with Crippen molar-refractivity contribution in [1.29, 1.82) is 0 Å². The molecule has 2 saturated heterocycles. The van der Waals surface area contributed by atoms with E-state index in [-0.39, 0.29) is 11.8 Å². The third-order valence-electron chi connectivity index (χ3n) is 5.77. The Balaban J connectivity index is 1.47. The number of nitrogens with zero attached hydrogens (tertiary/aromatic N) is 2. The van der Waals surface area contributed by atoms with Gasteiger partial charge in [0.2, 0.25) is 11.8 Å². The Morgan fingerprint density at radius 1 is 1.10 bits per heavy atom. The van der Waals surface area contributed by atoms with Crippen LogP contribution in [0.1, 0.15) is 18.1 Å². The van der Waals surface area contributed by atoms with Gasteiger partial charge in [0, 0.05) is 37.1 Å². The monoisotopic (exact) mass is 413 g/mol. The zero-order chi connectivity index (χ0) is 20.5. The predicted molar refractivity (Wildman–Crippen MR) is 109 cm³/mol. The molecule has 0 saturated carbocycles. The molecule has 1 N–H and O–H groups in total. The van der Waals surface area contributed by atoms with Gasteiger partial charge in [0.05, 0.1) is 24.0 Å². The summed E-state index contributed by atoms with van der Waals surface area (Å²) in [5, 5.41) is 3.70. The molecular formula is C22H24ClN3O3. The summed E-state index contributed by atoms with van der Waals surface area (Å²) in [6, 6.07) is 11.3. The van der Waals surface area contributed by atoms with Crippen LogP contribution in [0.4, 0.5) is 0 Å². The molecule has 7 heteroatoms. The average molecular weight is 414 g/mol. The minimum atomic E-state index is -0.641. The molecule has 0 atom stereocenters. The minimum absolute atomic E-state index is 0.0386. The van der Waals surface area contributed by atoms with Gasteiger partial charge < -0.3 is 15.0 Å². The van der Waals surface area contributed by atoms with E-state index in [1.165, 1.54) is 0 Å². The maximum Gasteiger partial charge on any atom is 0.233 e. The van der Waals surface area contributed by atoms with Gasteiger partial charge in [-0.05, 0) is 48.7 Å². The van der Waals surface area contributed by atoms with E-state index in [1.807, 2.05) is 43.3 Å². The van der Waals surface area contributed by atoms with Crippen LogP contribution in [0, 0.1) is 10.8 Å². The fourth-order valence-corrected chi connectivity index (χ4v) is 4.07. The second kappa shape index (κ2) is 7.76. The standard InChI is InChI=1S/C22H24ClN3O3/c1-21(14-29-15-21)20(28)26-12-22(13-26,10-16-2-4-18(23)5-3-16)19(27)25-11-17-6-8-24-9-7-17/h2-9H,10-15H2,1H3,(H,25,27). The van der Waals surface area contributed by atoms with Crippen molar-refractivity contribution in [2.45, 2.75) is 19.9 Å². The number of rotatable bonds is 6. The molecule has 3 heterocycles. The van der Waals surface area contributed by atoms with E-state index >= 15 is 0 Å². The fraction of sp³-hybridized carbons (Fsp3) is 0.409. The molecule has 1 aromatic heterocycles. The summed E-state index contributed by atoms with van der Waals surface area (Å²) >= 11 is 6.00. The summed E-state index contributed by atoms with van der Waals surface area (Å²) in [4.78, 5) is 31.8. The van der Waals surface area contributed by atoms with E-state index in [4.69, 9.17) is 16.3 Å². The van der Waals surface area contributed by atoms with Crippen LogP contribution in [0.3, 0.4) is 0 Å². The Kier molecular flexibility index (Phi) is 5.32. The Bertz CT molecular complexity index is 891. The van der Waals surface area contributed by atoms with Crippen molar-refractivity contribution in [2.75, 3.05) is 26.3 Å². The number of nitrogens with one attached hydrogen (secondary N) is 1. The van der Waals surface area contributed by atoms with Crippen LogP contribution in [0.25, 0.3) is 0 Å². The first kappa shape index (κ1) is 19.9. The van der Waals surface area contributed by atoms with Gasteiger partial charge in [0.25, 0.3) is 0 Å². The van der Waals surface area contributed by atoms with Crippen molar-refractivity contribution in [2.24, 2.45) is 10.8 Å². The van der Waals surface area contributed by atoms with Gasteiger partial charge in [0.1, 0.15) is 0 Å². The van der Waals surface area contributed by atoms with Crippen molar-refractivity contribution >= 4 is 23.4 Å². The molecule has 29 heavy (non-hydrogen) atoms. The molecule has 4 rings (SSSR count). The first-order valence-corrected chi connectivity index (χ1v) is 10.1. The smallest absolute Gasteiger partial charge is 0.233 e. The van der Waals surface area contributed by atoms with Crippen LogP contribution in [0.15, 0.2) is 48.8 Å². The SMILES string of the molecule is CC1(C(=O)N2CC(Cc3ccc(Cl)cc3)(C(=O)NCc3ccncc3)C2)COC1. The zero-order valence-electron chi connectivity index (χ0n) is 16.4. The number of benzene rings is 1. The topological polar surface area (TPSA) is 71.5 Å². The van der Waals surface area contributed by atoms with E-state index in [0.717, 1.165) is 11.1 Å². The molecule has 0 spiro atoms. The van der Waals surface area contributed by atoms with Crippen molar-refractivity contribution in [1.82, 2.24) is 15.2 Å². The Morgan fingerprint density at radius 2 is 1.76 bits per heavy atom. The van der Waals surface area contributed by atoms with Gasteiger partial charge in [-0.2, -0.15) is 0 Å². The van der Waals surface area contributed by atoms with Crippen LogP contribution >= 0.6 is 11.6 Å². The lowest BCUT2D eigenvalue weighted by molar-refractivity contribution is -0.181. The molecule has 0 aliphatic carbocycles. The van der Waals surface area contributed by atoms with Gasteiger partial charge in [0.15, 0.2) is 0 Å². The first-order valence-electron chi connectivity index (χ1n) is 9.69. The molecule has 152 valence electrons. The van der Waals surface area contributed by atoms with Gasteiger partial charge in [-0.1, -0.05) is 23.7 Å². The van der Waals surface area contributed by atoms with Crippen molar-refractivity contribution in [3.8, 4) is 0 Å². The maximum atomic E-state index is 13.2. The molecule has 0 bridgehead atoms. The second-order valence-electron chi connectivity index (χ2n) is 8.34. The van der Waals surface area contributed by atoms with E-state index in [1.54, 1.807) is 17.3 Å². The second-order valence-corrected chi connectivity index (χ2v) is 8.77. The van der Waals surface area contributed by atoms with Crippen molar-refractivity contribution < 1.29 is 14.3 Å². The van der Waals surface area contributed by atoms with E-state index < -0.39 is 10.8 Å². The molecular weight excluding hydrogens is 390 g/mol. The number of aromatic nitrogens is 1. The molecule has 2 fully saturated rings. The number of hydrogen-bond donors (Lipinski definition) is 1. The van der Waals surface area contributed by atoms with Crippen LogP contribution in [-0.4, -0.2) is 48.0 Å². The largest absolute Gasteiger partial charge is 0.379 e. The minimum Gasteiger partial charge on any atom is -0.379 e. The normalized spacial score (nSPS) is 19.0. The Hall–Kier alpha value is -2.44. The lowest BCUT2D eigenvalue weighted by atomic mass is 9.72. The zero-order valence-corrected chi connectivity index (χ0v) is 17.1. The molecule has 0 unspecified atom stereocenters. The highest BCUT2D eigenvalue weighted by molar-refractivity contribution is 6.30. The Morgan fingerprint density at radius 3 is 2.34 bits per heavy atom. The number of ether oxygens (including phenoxy) is 1. The summed E-state index contributed by atoms with van der Waals surface area (Å²) in [6.45, 7) is 4.06. The molecule has 2 amide bonds. The highest BCUT2D eigenvalue weighted by Crippen LogP contribution is 2.39. The Labute approximate surface area is 175 Å². The van der Waals surface area contributed by atoms with Gasteiger partial charge in [-0.3, -0.25) is 14.6 Å². The summed E-state index contributed by atoms with van der Waals surface area (Å²) in [7, 11) is 0. The predicted octanol–water partition coefficient (Wildman–Crippen LogP) is 2.46. The summed E-state index contributed by atoms with van der Waals surface area (Å²) in [5.41, 5.74) is 0.914. The number of likely N-dealkylation sites (tertiary alicyclic amines) is 1. The molecule has 6 nitrogen and oxygen atoms in total. The number of pyridine rings is 1. The lowest BCUT2D eigenvalue weighted by Gasteiger charge is -2.52. The number of hydrogen-bond acceptors (Lipinski definition) is 4. The number of carbonyl (C=O) groups is 2. The molecule has 0 radical (unpaired) electrons. The van der Waals surface area contributed by atoms with Crippen molar-refractivity contribution in [3.05, 3.63) is 64.9 Å².